The van der Waals surface area contributed by atoms with E-state index in [1.54, 1.807) is 6.92 Å². The van der Waals surface area contributed by atoms with Crippen LogP contribution >= 0.6 is 0 Å². The van der Waals surface area contributed by atoms with Crippen LogP contribution in [0.1, 0.15) is 207 Å². The highest BCUT2D eigenvalue weighted by Gasteiger charge is 2.42. The Morgan fingerprint density at radius 3 is 0.929 bits per heavy atom. The van der Waals surface area contributed by atoms with Crippen LogP contribution in [-0.4, -0.2) is 40.6 Å². The molecule has 0 saturated heterocycles. The van der Waals surface area contributed by atoms with Crippen molar-refractivity contribution in [3.05, 3.63) is 0 Å². The molecule has 1 N–H and O–H groups in total. The molecule has 0 aliphatic heterocycles. The zero-order valence-electron chi connectivity index (χ0n) is 28.9. The summed E-state index contributed by atoms with van der Waals surface area (Å²) in [4.78, 5) is 26.7. The Bertz CT molecular complexity index is 554. The summed E-state index contributed by atoms with van der Waals surface area (Å²) >= 11 is 0. The molecular weight excluding hydrogens is 542 g/mol. The number of likely N-dealkylation sites (N-methyl/N-ethyl adjacent to an activating group) is 1. The molecule has 0 aromatic rings. The van der Waals surface area contributed by atoms with Crippen LogP contribution < -0.4 is 12.4 Å². The molecule has 0 aromatic heterocycles. The van der Waals surface area contributed by atoms with Gasteiger partial charge in [0.15, 0.2) is 0 Å². The van der Waals surface area contributed by atoms with Gasteiger partial charge in [0, 0.05) is 0 Å². The summed E-state index contributed by atoms with van der Waals surface area (Å²) in [6.07, 6.45) is 33.5. The average Bonchev–Trinajstić information content (AvgIpc) is 2.96. The molecule has 0 bridgehead atoms. The van der Waals surface area contributed by atoms with Crippen LogP contribution in [-0.2, 0) is 9.59 Å². The van der Waals surface area contributed by atoms with Crippen LogP contribution in [0.2, 0.25) is 0 Å². The van der Waals surface area contributed by atoms with Crippen LogP contribution in [0.25, 0.3) is 0 Å². The molecule has 252 valence electrons. The monoisotopic (exact) mass is 616 g/mol. The molecule has 0 saturated carbocycles. The molecule has 0 spiro atoms. The molecule has 42 heavy (non-hydrogen) atoms. The van der Waals surface area contributed by atoms with Gasteiger partial charge >= 0.3 is 11.8 Å². The second kappa shape index (κ2) is 32.0. The van der Waals surface area contributed by atoms with Gasteiger partial charge in [0.2, 0.25) is 0 Å². The van der Waals surface area contributed by atoms with Crippen LogP contribution in [0.5, 0.6) is 0 Å². The molecule has 2 amide bonds. The van der Waals surface area contributed by atoms with Crippen LogP contribution in [0.3, 0.4) is 0 Å². The lowest BCUT2D eigenvalue weighted by atomic mass is 10.0. The Hall–Kier alpha value is -0.450. The number of aliphatic hydroxyl groups is 1. The van der Waals surface area contributed by atoms with E-state index in [0.717, 1.165) is 25.7 Å². The van der Waals surface area contributed by atoms with Crippen LogP contribution in [0, 0.1) is 0 Å². The Morgan fingerprint density at radius 2 is 0.714 bits per heavy atom. The molecule has 1 unspecified atom stereocenters. The van der Waals surface area contributed by atoms with Gasteiger partial charge in [-0.2, -0.15) is 4.48 Å². The molecule has 1 atom stereocenters. The van der Waals surface area contributed by atoms with Gasteiger partial charge in [0.05, 0.1) is 19.4 Å². The summed E-state index contributed by atoms with van der Waals surface area (Å²) in [6.45, 7) is 8.87. The fraction of sp³-hybridized carbons (Fsp3) is 0.946. The standard InChI is InChI=1S/C37H74NO3.ClH/c1-5-8-10-12-14-16-18-20-22-24-26-28-30-32-36(40)38(7-3,34-35(4)39)37(41)33-31-29-27-25-23-21-19-17-15-13-11-9-6-2;/h35,39H,5-34H2,1-4H3;1H/q+1;/p-1. The van der Waals surface area contributed by atoms with E-state index in [0.29, 0.717) is 19.4 Å². The highest BCUT2D eigenvalue weighted by Crippen LogP contribution is 2.20. The molecule has 4 nitrogen and oxygen atoms in total. The highest BCUT2D eigenvalue weighted by molar-refractivity contribution is 5.84. The van der Waals surface area contributed by atoms with Gasteiger partial charge in [0.1, 0.15) is 12.6 Å². The lowest BCUT2D eigenvalue weighted by Gasteiger charge is -2.33. The Morgan fingerprint density at radius 1 is 0.476 bits per heavy atom. The Labute approximate surface area is 269 Å². The van der Waals surface area contributed by atoms with Gasteiger partial charge < -0.3 is 17.5 Å². The minimum atomic E-state index is -0.652. The van der Waals surface area contributed by atoms with E-state index < -0.39 is 6.10 Å². The number of quaternary nitrogens is 1. The predicted octanol–water partition coefficient (Wildman–Crippen LogP) is 8.22. The zero-order valence-corrected chi connectivity index (χ0v) is 29.6. The van der Waals surface area contributed by atoms with E-state index in [1.165, 1.54) is 141 Å². The van der Waals surface area contributed by atoms with Gasteiger partial charge in [-0.25, -0.2) is 9.59 Å². The summed E-state index contributed by atoms with van der Waals surface area (Å²) in [6, 6.07) is 0. The van der Waals surface area contributed by atoms with E-state index in [4.69, 9.17) is 0 Å². The van der Waals surface area contributed by atoms with Crippen LogP contribution in [0.15, 0.2) is 0 Å². The Kier molecular flexibility index (Phi) is 33.2. The number of hydrogen-bond donors (Lipinski definition) is 1. The number of rotatable bonds is 31. The number of unbranched alkanes of at least 4 members (excludes halogenated alkanes) is 24. The van der Waals surface area contributed by atoms with Crippen molar-refractivity contribution in [1.29, 1.82) is 0 Å². The van der Waals surface area contributed by atoms with Crippen molar-refractivity contribution in [1.82, 2.24) is 0 Å². The molecule has 0 aliphatic rings. The molecular formula is C37H74ClNO3. The number of imide groups is 1. The quantitative estimate of drug-likeness (QED) is 0.0631. The van der Waals surface area contributed by atoms with Crippen LogP contribution in [0.4, 0.5) is 0 Å². The van der Waals surface area contributed by atoms with Crippen molar-refractivity contribution in [3.63, 3.8) is 0 Å². The van der Waals surface area contributed by atoms with E-state index in [2.05, 4.69) is 13.8 Å². The van der Waals surface area contributed by atoms with Gasteiger partial charge in [-0.05, 0) is 26.7 Å². The maximum atomic E-state index is 13.3. The van der Waals surface area contributed by atoms with Gasteiger partial charge in [-0.3, -0.25) is 0 Å². The topological polar surface area (TPSA) is 54.4 Å². The van der Waals surface area contributed by atoms with E-state index in [9.17, 15) is 14.7 Å². The van der Waals surface area contributed by atoms with Crippen molar-refractivity contribution < 1.29 is 31.6 Å². The number of nitrogens with zero attached hydrogens (tertiary/aromatic N) is 1. The van der Waals surface area contributed by atoms with Crippen molar-refractivity contribution in [2.75, 3.05) is 13.1 Å². The van der Waals surface area contributed by atoms with E-state index in [-0.39, 0.29) is 35.2 Å². The average molecular weight is 616 g/mol. The van der Waals surface area contributed by atoms with E-state index >= 15 is 0 Å². The van der Waals surface area contributed by atoms with Gasteiger partial charge in [-0.15, -0.1) is 0 Å². The van der Waals surface area contributed by atoms with Gasteiger partial charge in [-0.1, -0.05) is 168 Å². The number of carbonyl (C=O) groups excluding carboxylic acids is 2. The molecule has 0 fully saturated rings. The van der Waals surface area contributed by atoms with Crippen molar-refractivity contribution in [2.45, 2.75) is 214 Å². The molecule has 5 heteroatoms. The maximum absolute atomic E-state index is 13.3. The third kappa shape index (κ3) is 23.9. The van der Waals surface area contributed by atoms with Gasteiger partial charge in [0.25, 0.3) is 0 Å². The van der Waals surface area contributed by atoms with Crippen molar-refractivity contribution >= 4 is 11.8 Å². The normalized spacial score (nSPS) is 12.3. The fourth-order valence-electron chi connectivity index (χ4n) is 6.29. The molecule has 0 radical (unpaired) electrons. The number of hydrogen-bond acceptors (Lipinski definition) is 3. The first kappa shape index (κ1) is 43.7. The Balaban J connectivity index is 0. The summed E-state index contributed by atoms with van der Waals surface area (Å²) < 4.78 is -0.159. The predicted molar refractivity (Wildman–Crippen MR) is 178 cm³/mol. The molecule has 0 heterocycles. The molecule has 0 aromatic carbocycles. The second-order valence-electron chi connectivity index (χ2n) is 13.1. The third-order valence-corrected chi connectivity index (χ3v) is 9.06. The number of halogens is 1. The highest BCUT2D eigenvalue weighted by atomic mass is 35.5. The third-order valence-electron chi connectivity index (χ3n) is 9.06. The van der Waals surface area contributed by atoms with Crippen molar-refractivity contribution in [3.8, 4) is 0 Å². The summed E-state index contributed by atoms with van der Waals surface area (Å²) in [5.41, 5.74) is 0. The smallest absolute Gasteiger partial charge is 0.321 e. The lowest BCUT2D eigenvalue weighted by Crippen LogP contribution is -3.00. The first-order valence-electron chi connectivity index (χ1n) is 18.6. The van der Waals surface area contributed by atoms with Crippen molar-refractivity contribution in [2.24, 2.45) is 0 Å². The largest absolute Gasteiger partial charge is 1.00 e. The minimum absolute atomic E-state index is 0. The number of aliphatic hydroxyl groups excluding tert-OH is 1. The first-order chi connectivity index (χ1) is 19.9. The second-order valence-corrected chi connectivity index (χ2v) is 13.1. The number of carbonyl (C=O) groups is 2. The summed E-state index contributed by atoms with van der Waals surface area (Å²) in [7, 11) is 0. The molecule has 0 rings (SSSR count). The fourth-order valence-corrected chi connectivity index (χ4v) is 6.29. The summed E-state index contributed by atoms with van der Waals surface area (Å²) in [5.74, 6) is 0.0485. The lowest BCUT2D eigenvalue weighted by molar-refractivity contribution is -0.781. The first-order valence-corrected chi connectivity index (χ1v) is 18.6. The SMILES string of the molecule is CCCCCCCCCCCCCCCC(=O)[N+](CC)(CC(C)O)C(=O)CCCCCCCCCCCCCCC.[Cl-]. The minimum Gasteiger partial charge on any atom is -1.00 e. The van der Waals surface area contributed by atoms with E-state index in [1.807, 2.05) is 6.92 Å². The molecule has 0 aliphatic carbocycles. The zero-order chi connectivity index (χ0) is 30.4. The summed E-state index contributed by atoms with van der Waals surface area (Å²) in [5, 5.41) is 10.2. The maximum Gasteiger partial charge on any atom is 0.321 e. The number of amides is 2.